The van der Waals surface area contributed by atoms with E-state index in [9.17, 15) is 9.18 Å². The van der Waals surface area contributed by atoms with Gasteiger partial charge in [-0.25, -0.2) is 4.39 Å². The van der Waals surface area contributed by atoms with E-state index < -0.39 is 24.2 Å². The molecule has 10 fully saturated rings. The Hall–Kier alpha value is -1.32. The van der Waals surface area contributed by atoms with Gasteiger partial charge in [0.15, 0.2) is 5.79 Å². The molecule has 1 spiro atoms. The summed E-state index contributed by atoms with van der Waals surface area (Å²) < 4.78 is 74.3. The molecule has 10 aliphatic rings. The van der Waals surface area contributed by atoms with Crippen molar-refractivity contribution in [2.45, 2.75) is 193 Å². The van der Waals surface area contributed by atoms with Crippen molar-refractivity contribution in [2.75, 3.05) is 13.7 Å². The average molecular weight is 718 g/mol. The molecule has 0 saturated carbocycles. The Morgan fingerprint density at radius 2 is 1.55 bits per heavy atom. The van der Waals surface area contributed by atoms with Crippen molar-refractivity contribution >= 4 is 5.78 Å². The van der Waals surface area contributed by atoms with Gasteiger partial charge in [-0.1, -0.05) is 13.2 Å². The molecule has 0 aromatic heterocycles. The molecule has 5 unspecified atom stereocenters. The second-order valence-corrected chi connectivity index (χ2v) is 16.9. The molecule has 0 radical (unpaired) electrons. The Morgan fingerprint density at radius 1 is 0.784 bits per heavy atom. The maximum atomic E-state index is 14.7. The molecule has 18 atom stereocenters. The number of Topliss-reactive ketones (excluding diaryl/α,β-unsaturated/α-hetero) is 1. The van der Waals surface area contributed by atoms with Gasteiger partial charge in [-0.3, -0.25) is 4.79 Å². The number of alkyl halides is 1. The van der Waals surface area contributed by atoms with Crippen molar-refractivity contribution in [3.05, 3.63) is 24.3 Å². The monoisotopic (exact) mass is 717 g/mol. The summed E-state index contributed by atoms with van der Waals surface area (Å²) in [7, 11) is 1.62. The highest BCUT2D eigenvalue weighted by Crippen LogP contribution is 2.54. The molecule has 0 amide bonds. The average Bonchev–Trinajstić information content (AvgIpc) is 3.79. The molecule has 2 N–H and O–H groups in total. The standard InChI is InChI=1S/C39H56FNO10/c1-19-4-5-23-6-8-27-20(2)12-25(45-27)10-11-39-17-32-35(50-39)36-37(49-32)38(51-39)34-28(48-36)9-7-24(46-34)14-22(42)15-26-30(16-29(19)44-23)47-31(33(26)43-3)13-21(40)18-41/h21,23-38H,1-2,4-18,41H2,3H3/t21-,23?,24-,25+,26?,27+,28+,29?,30+,31-,32-,33-,34+,35?,36+,37?,38+,39+/m1/s1. The largest absolute Gasteiger partial charge is 0.378 e. The van der Waals surface area contributed by atoms with Crippen LogP contribution in [0.3, 0.4) is 0 Å². The zero-order valence-electron chi connectivity index (χ0n) is 29.9. The lowest BCUT2D eigenvalue weighted by Crippen LogP contribution is -2.61. The van der Waals surface area contributed by atoms with E-state index in [1.807, 2.05) is 0 Å². The molecule has 10 heterocycles. The smallest absolute Gasteiger partial charge is 0.172 e. The number of carbonyl (C=O) groups excluding carboxylic acids is 1. The summed E-state index contributed by atoms with van der Waals surface area (Å²) in [4.78, 5) is 14.0. The molecular formula is C39H56FNO10. The highest BCUT2D eigenvalue weighted by Gasteiger charge is 2.68. The third-order valence-corrected chi connectivity index (χ3v) is 13.5. The first kappa shape index (κ1) is 35.4. The first-order valence-corrected chi connectivity index (χ1v) is 19.7. The van der Waals surface area contributed by atoms with E-state index in [0.29, 0.717) is 25.7 Å². The van der Waals surface area contributed by atoms with Crippen LogP contribution in [0.5, 0.6) is 0 Å². The lowest BCUT2D eigenvalue weighted by molar-refractivity contribution is -0.292. The predicted octanol–water partition coefficient (Wildman–Crippen LogP) is 4.17. The van der Waals surface area contributed by atoms with Crippen molar-refractivity contribution in [3.63, 3.8) is 0 Å². The van der Waals surface area contributed by atoms with Gasteiger partial charge >= 0.3 is 0 Å². The van der Waals surface area contributed by atoms with Crippen molar-refractivity contribution in [1.29, 1.82) is 0 Å². The first-order valence-electron chi connectivity index (χ1n) is 19.7. The summed E-state index contributed by atoms with van der Waals surface area (Å²) in [6, 6.07) is 0. The molecule has 51 heavy (non-hydrogen) atoms. The van der Waals surface area contributed by atoms with Gasteiger partial charge in [0.05, 0.1) is 61.0 Å². The van der Waals surface area contributed by atoms with Crippen molar-refractivity contribution < 1.29 is 51.8 Å². The summed E-state index contributed by atoms with van der Waals surface area (Å²) in [5, 5.41) is 0. The quantitative estimate of drug-likeness (QED) is 0.422. The zero-order chi connectivity index (χ0) is 35.0. The Bertz CT molecular complexity index is 1350. The fraction of sp³-hybridized carbons (Fsp3) is 0.872. The van der Waals surface area contributed by atoms with E-state index in [0.717, 1.165) is 56.1 Å². The highest BCUT2D eigenvalue weighted by molar-refractivity contribution is 5.79. The summed E-state index contributed by atoms with van der Waals surface area (Å²) in [5.41, 5.74) is 7.83. The molecule has 10 aliphatic heterocycles. The Morgan fingerprint density at radius 3 is 2.39 bits per heavy atom. The number of methoxy groups -OCH3 is 1. The number of nitrogens with two attached hydrogens (primary N) is 1. The third-order valence-electron chi connectivity index (χ3n) is 13.5. The molecule has 10 saturated heterocycles. The first-order chi connectivity index (χ1) is 24.7. The topological polar surface area (TPSA) is 126 Å². The molecule has 10 rings (SSSR count). The van der Waals surface area contributed by atoms with Crippen LogP contribution in [0.4, 0.5) is 4.39 Å². The van der Waals surface area contributed by atoms with E-state index in [-0.39, 0.29) is 117 Å². The van der Waals surface area contributed by atoms with Crippen LogP contribution in [-0.4, -0.2) is 123 Å². The Balaban J connectivity index is 0.986. The number of halogens is 1. The van der Waals surface area contributed by atoms with E-state index >= 15 is 0 Å². The van der Waals surface area contributed by atoms with Crippen LogP contribution >= 0.6 is 0 Å². The normalized spacial score (nSPS) is 51.7. The lowest BCUT2D eigenvalue weighted by Gasteiger charge is -2.47. The lowest BCUT2D eigenvalue weighted by atomic mass is 9.83. The molecular weight excluding hydrogens is 661 g/mol. The maximum absolute atomic E-state index is 14.7. The van der Waals surface area contributed by atoms with Crippen LogP contribution in [0.1, 0.15) is 89.9 Å². The van der Waals surface area contributed by atoms with Gasteiger partial charge < -0.3 is 48.4 Å². The second kappa shape index (κ2) is 14.1. The summed E-state index contributed by atoms with van der Waals surface area (Å²) in [6.45, 7) is 8.68. The van der Waals surface area contributed by atoms with Gasteiger partial charge in [0.1, 0.15) is 42.5 Å². The molecule has 12 heteroatoms. The van der Waals surface area contributed by atoms with E-state index in [1.54, 1.807) is 7.11 Å². The zero-order valence-corrected chi connectivity index (χ0v) is 29.9. The number of ketones is 1. The van der Waals surface area contributed by atoms with Gasteiger partial charge in [-0.15, -0.1) is 0 Å². The van der Waals surface area contributed by atoms with Gasteiger partial charge in [-0.2, -0.15) is 0 Å². The van der Waals surface area contributed by atoms with Crippen LogP contribution in [0.25, 0.3) is 0 Å². The maximum Gasteiger partial charge on any atom is 0.172 e. The van der Waals surface area contributed by atoms with E-state index in [4.69, 9.17) is 48.4 Å². The van der Waals surface area contributed by atoms with Crippen molar-refractivity contribution in [3.8, 4) is 0 Å². The molecule has 284 valence electrons. The van der Waals surface area contributed by atoms with Gasteiger partial charge in [-0.05, 0) is 62.5 Å². The summed E-state index contributed by atoms with van der Waals surface area (Å²) in [6.07, 6.45) is 4.53. The SMILES string of the molecule is C=C1CCC2CC[C@@H]3O[C@@H](CC[C@@]45C[C@H]6OC7[C@@H](O[C@H]8CC[C@H](CC(=O)CC9[C@H](CC1O2)O[C@H](C[C@@H](F)CN)[C@@H]9OC)O[C@@H]8[C@@H]7O4)C6O5)CC3=C. The van der Waals surface area contributed by atoms with Crippen LogP contribution in [0, 0.1) is 5.92 Å². The van der Waals surface area contributed by atoms with Crippen LogP contribution in [0.2, 0.25) is 0 Å². The molecule has 0 aromatic rings. The van der Waals surface area contributed by atoms with Crippen molar-refractivity contribution in [2.24, 2.45) is 11.7 Å². The third kappa shape index (κ3) is 6.61. The number of rotatable bonds is 4. The summed E-state index contributed by atoms with van der Waals surface area (Å²) in [5.74, 6) is -0.982. The van der Waals surface area contributed by atoms with Gasteiger partial charge in [0.2, 0.25) is 0 Å². The van der Waals surface area contributed by atoms with Gasteiger partial charge in [0.25, 0.3) is 0 Å². The van der Waals surface area contributed by atoms with E-state index in [2.05, 4.69) is 13.2 Å². The fourth-order valence-electron chi connectivity index (χ4n) is 11.0. The van der Waals surface area contributed by atoms with Gasteiger partial charge in [0, 0.05) is 58.1 Å². The minimum atomic E-state index is -1.22. The van der Waals surface area contributed by atoms with Crippen LogP contribution in [0.15, 0.2) is 24.3 Å². The Labute approximate surface area is 300 Å². The predicted molar refractivity (Wildman–Crippen MR) is 181 cm³/mol. The highest BCUT2D eigenvalue weighted by atomic mass is 19.1. The number of hydrogen-bond acceptors (Lipinski definition) is 11. The summed E-state index contributed by atoms with van der Waals surface area (Å²) >= 11 is 0. The van der Waals surface area contributed by atoms with Crippen molar-refractivity contribution in [1.82, 2.24) is 0 Å². The molecule has 0 aliphatic carbocycles. The molecule has 0 aromatic carbocycles. The van der Waals surface area contributed by atoms with E-state index in [1.165, 1.54) is 0 Å². The van der Waals surface area contributed by atoms with Crippen LogP contribution < -0.4 is 5.73 Å². The minimum Gasteiger partial charge on any atom is -0.378 e. The second-order valence-electron chi connectivity index (χ2n) is 16.9. The number of hydrogen-bond donors (Lipinski definition) is 1. The Kier molecular flexibility index (Phi) is 9.76. The minimum absolute atomic E-state index is 0.0186. The number of ether oxygens (including phenoxy) is 9. The molecule has 12 bridgehead atoms. The molecule has 11 nitrogen and oxygen atoms in total. The van der Waals surface area contributed by atoms with Crippen LogP contribution in [-0.2, 0) is 47.4 Å². The number of fused-ring (bicyclic) bond motifs is 6. The number of carbonyl (C=O) groups is 1. The fourth-order valence-corrected chi connectivity index (χ4v) is 11.0.